The van der Waals surface area contributed by atoms with Crippen molar-refractivity contribution in [2.75, 3.05) is 0 Å². The van der Waals surface area contributed by atoms with Crippen LogP contribution in [-0.2, 0) is 20.2 Å². The van der Waals surface area contributed by atoms with E-state index in [4.69, 9.17) is 6.57 Å². The van der Waals surface area contributed by atoms with E-state index in [0.29, 0.717) is 16.3 Å². The SMILES string of the molecule is [C-]#[N+]c1[nH]n(-c2cc(S(=O)(=O)O)ccc2C(=O)O)c(=O)c1N=Nc1cc(C)ccc1S(=O)(=O)O. The maximum atomic E-state index is 12.9. The highest BCUT2D eigenvalue weighted by molar-refractivity contribution is 7.86. The lowest BCUT2D eigenvalue weighted by molar-refractivity contribution is 0.0696. The lowest BCUT2D eigenvalue weighted by Gasteiger charge is -2.06. The molecule has 2 aromatic carbocycles. The molecule has 4 N–H and O–H groups in total. The van der Waals surface area contributed by atoms with Crippen LogP contribution in [0.2, 0.25) is 0 Å². The van der Waals surface area contributed by atoms with Gasteiger partial charge in [0.2, 0.25) is 0 Å². The Hall–Kier alpha value is -4.17. The molecule has 0 saturated heterocycles. The van der Waals surface area contributed by atoms with Gasteiger partial charge in [0, 0.05) is 0 Å². The lowest BCUT2D eigenvalue weighted by atomic mass is 10.2. The molecular weight excluding hydrogens is 494 g/mol. The minimum Gasteiger partial charge on any atom is -0.478 e. The van der Waals surface area contributed by atoms with E-state index in [9.17, 15) is 40.6 Å². The van der Waals surface area contributed by atoms with Crippen molar-refractivity contribution in [2.24, 2.45) is 10.2 Å². The molecule has 0 saturated carbocycles. The molecule has 0 spiro atoms. The predicted molar refractivity (Wildman–Crippen MR) is 115 cm³/mol. The number of aromatic amines is 1. The van der Waals surface area contributed by atoms with Crippen molar-refractivity contribution in [2.45, 2.75) is 16.7 Å². The van der Waals surface area contributed by atoms with E-state index in [0.717, 1.165) is 18.2 Å². The molecule has 0 atom stereocenters. The monoisotopic (exact) mass is 507 g/mol. The Morgan fingerprint density at radius 3 is 2.29 bits per heavy atom. The number of aromatic nitrogens is 2. The fraction of sp³-hybridized carbons (Fsp3) is 0.0556. The second kappa shape index (κ2) is 8.64. The van der Waals surface area contributed by atoms with Gasteiger partial charge in [-0.15, -0.1) is 0 Å². The zero-order valence-electron chi connectivity index (χ0n) is 16.9. The number of aryl methyl sites for hydroxylation is 1. The van der Waals surface area contributed by atoms with Crippen LogP contribution in [0.25, 0.3) is 10.5 Å². The van der Waals surface area contributed by atoms with E-state index in [-0.39, 0.29) is 5.69 Å². The number of H-pyrrole nitrogens is 1. The lowest BCUT2D eigenvalue weighted by Crippen LogP contribution is -2.18. The first kappa shape index (κ1) is 24.5. The molecule has 34 heavy (non-hydrogen) atoms. The Kier molecular flexibility index (Phi) is 6.22. The van der Waals surface area contributed by atoms with Gasteiger partial charge in [-0.05, 0) is 42.8 Å². The second-order valence-electron chi connectivity index (χ2n) is 6.67. The molecule has 14 nitrogen and oxygen atoms in total. The van der Waals surface area contributed by atoms with E-state index in [1.165, 1.54) is 12.1 Å². The Morgan fingerprint density at radius 1 is 1.06 bits per heavy atom. The maximum Gasteiger partial charge on any atom is 0.337 e. The predicted octanol–water partition coefficient (Wildman–Crippen LogP) is 2.63. The Balaban J connectivity index is 2.25. The summed E-state index contributed by atoms with van der Waals surface area (Å²) in [4.78, 5) is 26.2. The van der Waals surface area contributed by atoms with Gasteiger partial charge in [-0.1, -0.05) is 12.6 Å². The molecule has 1 aromatic heterocycles. The van der Waals surface area contributed by atoms with Gasteiger partial charge in [-0.25, -0.2) is 9.89 Å². The smallest absolute Gasteiger partial charge is 0.337 e. The number of rotatable bonds is 6. The molecule has 0 bridgehead atoms. The standard InChI is InChI=1S/C18H13N5O9S2/c1-9-3-6-14(34(30,31)32)12(7-9)20-21-15-16(19-2)22-23(17(15)24)13-8-10(33(27,28)29)4-5-11(13)18(25)26/h3-8,22H,1H3,(H,25,26)(H,27,28,29)(H,30,31,32). The van der Waals surface area contributed by atoms with Crippen LogP contribution in [-0.4, -0.2) is 46.8 Å². The normalized spacial score (nSPS) is 12.1. The quantitative estimate of drug-likeness (QED) is 0.219. The maximum absolute atomic E-state index is 12.9. The highest BCUT2D eigenvalue weighted by Crippen LogP contribution is 2.30. The molecule has 0 aliphatic heterocycles. The van der Waals surface area contributed by atoms with Crippen molar-refractivity contribution in [3.63, 3.8) is 0 Å². The van der Waals surface area contributed by atoms with E-state index in [1.807, 2.05) is 0 Å². The van der Waals surface area contributed by atoms with Gasteiger partial charge in [-0.2, -0.15) is 31.7 Å². The van der Waals surface area contributed by atoms with E-state index in [1.54, 1.807) is 6.92 Å². The summed E-state index contributed by atoms with van der Waals surface area (Å²) in [6.07, 6.45) is 0. The minimum atomic E-state index is -4.77. The summed E-state index contributed by atoms with van der Waals surface area (Å²) < 4.78 is 65.2. The van der Waals surface area contributed by atoms with E-state index in [2.05, 4.69) is 20.2 Å². The van der Waals surface area contributed by atoms with E-state index >= 15 is 0 Å². The number of azo groups is 1. The van der Waals surface area contributed by atoms with Crippen LogP contribution in [0.1, 0.15) is 15.9 Å². The summed E-state index contributed by atoms with van der Waals surface area (Å²) in [5.74, 6) is -2.09. The average molecular weight is 507 g/mol. The third-order valence-corrected chi connectivity index (χ3v) is 6.10. The van der Waals surface area contributed by atoms with Crippen LogP contribution in [0, 0.1) is 13.5 Å². The fourth-order valence-electron chi connectivity index (χ4n) is 2.82. The fourth-order valence-corrected chi connectivity index (χ4v) is 3.92. The van der Waals surface area contributed by atoms with Gasteiger partial charge in [0.05, 0.1) is 10.5 Å². The number of hydrogen-bond donors (Lipinski definition) is 4. The topological polar surface area (TPSA) is 213 Å². The number of carboxylic acids is 1. The van der Waals surface area contributed by atoms with Crippen molar-refractivity contribution < 1.29 is 35.8 Å². The number of nitrogens with one attached hydrogen (secondary N) is 1. The first-order valence-electron chi connectivity index (χ1n) is 8.81. The molecule has 1 heterocycles. The summed E-state index contributed by atoms with van der Waals surface area (Å²) in [7, 11) is -9.48. The van der Waals surface area contributed by atoms with Crippen molar-refractivity contribution in [1.29, 1.82) is 0 Å². The van der Waals surface area contributed by atoms with Gasteiger partial charge < -0.3 is 9.95 Å². The molecule has 0 fully saturated rings. The van der Waals surface area contributed by atoms with Crippen LogP contribution in [0.4, 0.5) is 17.2 Å². The first-order chi connectivity index (χ1) is 15.7. The molecule has 0 unspecified atom stereocenters. The van der Waals surface area contributed by atoms with Crippen LogP contribution in [0.3, 0.4) is 0 Å². The van der Waals surface area contributed by atoms with Gasteiger partial charge in [0.25, 0.3) is 26.1 Å². The number of carbonyl (C=O) groups is 1. The van der Waals surface area contributed by atoms with E-state index < -0.39 is 64.3 Å². The highest BCUT2D eigenvalue weighted by atomic mass is 32.2. The van der Waals surface area contributed by atoms with Crippen molar-refractivity contribution in [3.05, 3.63) is 69.3 Å². The molecule has 0 aliphatic carbocycles. The molecule has 0 aliphatic rings. The minimum absolute atomic E-state index is 0.342. The summed E-state index contributed by atoms with van der Waals surface area (Å²) in [6, 6.07) is 6.02. The van der Waals surface area contributed by atoms with Crippen LogP contribution in [0.5, 0.6) is 0 Å². The van der Waals surface area contributed by atoms with Gasteiger partial charge in [-0.3, -0.25) is 13.9 Å². The van der Waals surface area contributed by atoms with Crippen LogP contribution in [0.15, 0.2) is 61.2 Å². The number of carboxylic acid groups (broad SMARTS) is 1. The first-order valence-corrected chi connectivity index (χ1v) is 11.7. The van der Waals surface area contributed by atoms with Crippen LogP contribution < -0.4 is 5.56 Å². The second-order valence-corrected chi connectivity index (χ2v) is 9.48. The van der Waals surface area contributed by atoms with Gasteiger partial charge in [0.15, 0.2) is 5.69 Å². The molecule has 0 amide bonds. The Labute approximate surface area is 191 Å². The molecule has 0 radical (unpaired) electrons. The summed E-state index contributed by atoms with van der Waals surface area (Å²) in [6.45, 7) is 8.84. The highest BCUT2D eigenvalue weighted by Gasteiger charge is 2.24. The average Bonchev–Trinajstić information content (AvgIpc) is 3.05. The number of hydrogen-bond acceptors (Lipinski definition) is 8. The summed E-state index contributed by atoms with van der Waals surface area (Å²) in [5.41, 5.74) is -2.69. The molecule has 3 aromatic rings. The Bertz CT molecular complexity index is 1680. The van der Waals surface area contributed by atoms with Crippen molar-refractivity contribution >= 4 is 43.4 Å². The molecular formula is C18H13N5O9S2. The number of aromatic carboxylic acids is 1. The summed E-state index contributed by atoms with van der Waals surface area (Å²) >= 11 is 0. The largest absolute Gasteiger partial charge is 0.478 e. The Morgan fingerprint density at radius 2 is 1.74 bits per heavy atom. The third kappa shape index (κ3) is 4.77. The van der Waals surface area contributed by atoms with Crippen molar-refractivity contribution in [1.82, 2.24) is 9.78 Å². The molecule has 176 valence electrons. The number of benzene rings is 2. The zero-order chi connectivity index (χ0) is 25.4. The van der Waals surface area contributed by atoms with Gasteiger partial charge >= 0.3 is 11.5 Å². The van der Waals surface area contributed by atoms with Gasteiger partial charge in [0.1, 0.15) is 16.3 Å². The molecule has 16 heteroatoms. The third-order valence-electron chi connectivity index (χ3n) is 4.35. The zero-order valence-corrected chi connectivity index (χ0v) is 18.5. The molecule has 3 rings (SSSR count). The summed E-state index contributed by atoms with van der Waals surface area (Å²) in [5, 5.41) is 18.9. The van der Waals surface area contributed by atoms with Crippen LogP contribution >= 0.6 is 0 Å². The van der Waals surface area contributed by atoms with Crippen molar-refractivity contribution in [3.8, 4) is 5.69 Å². The number of nitrogens with zero attached hydrogens (tertiary/aromatic N) is 4.